The first-order valence-electron chi connectivity index (χ1n) is 11.9. The van der Waals surface area contributed by atoms with Crippen LogP contribution in [-0.2, 0) is 4.84 Å². The zero-order chi connectivity index (χ0) is 19.1. The van der Waals surface area contributed by atoms with Crippen LogP contribution in [0.1, 0.15) is 129 Å². The summed E-state index contributed by atoms with van der Waals surface area (Å²) in [6.07, 6.45) is 25.0. The van der Waals surface area contributed by atoms with Crippen LogP contribution in [0, 0.1) is 0 Å². The average Bonchev–Trinajstić information content (AvgIpc) is 2.65. The summed E-state index contributed by atoms with van der Waals surface area (Å²) >= 11 is 0. The Bertz CT molecular complexity index is 248. The van der Waals surface area contributed by atoms with Crippen molar-refractivity contribution in [2.45, 2.75) is 136 Å². The summed E-state index contributed by atoms with van der Waals surface area (Å²) in [7, 11) is 0. The van der Waals surface area contributed by atoms with E-state index in [0.717, 1.165) is 25.9 Å². The van der Waals surface area contributed by atoms with E-state index in [4.69, 9.17) is 10.6 Å². The van der Waals surface area contributed by atoms with Crippen LogP contribution in [-0.4, -0.2) is 19.2 Å². The van der Waals surface area contributed by atoms with Crippen molar-refractivity contribution in [2.75, 3.05) is 13.1 Å². The first-order valence-corrected chi connectivity index (χ1v) is 11.9. The van der Waals surface area contributed by atoms with Crippen molar-refractivity contribution < 1.29 is 4.84 Å². The van der Waals surface area contributed by atoms with Crippen LogP contribution in [0.2, 0.25) is 0 Å². The quantitative estimate of drug-likeness (QED) is 0.161. The van der Waals surface area contributed by atoms with Gasteiger partial charge in [-0.3, -0.25) is 4.84 Å². The minimum atomic E-state index is 0.277. The van der Waals surface area contributed by atoms with Gasteiger partial charge in [0.05, 0.1) is 6.10 Å². The molecule has 0 heterocycles. The van der Waals surface area contributed by atoms with Crippen molar-refractivity contribution in [2.24, 2.45) is 5.73 Å². The molecule has 26 heavy (non-hydrogen) atoms. The molecule has 0 aliphatic heterocycles. The largest absolute Gasteiger partial charge is 0.330 e. The summed E-state index contributed by atoms with van der Waals surface area (Å²) < 4.78 is 0. The summed E-state index contributed by atoms with van der Waals surface area (Å²) in [4.78, 5) is 5.56. The predicted molar refractivity (Wildman–Crippen MR) is 116 cm³/mol. The molecule has 0 saturated carbocycles. The lowest BCUT2D eigenvalue weighted by atomic mass is 10.0. The molecular weight excluding hydrogens is 320 g/mol. The van der Waals surface area contributed by atoms with Gasteiger partial charge in [0.2, 0.25) is 0 Å². The minimum absolute atomic E-state index is 0.277. The van der Waals surface area contributed by atoms with Crippen LogP contribution in [0.25, 0.3) is 0 Å². The topological polar surface area (TPSA) is 47.3 Å². The standard InChI is InChI=1S/C23H50N2O/c1-3-4-5-6-7-8-9-10-11-12-13-14-15-16-17-18-22-25-26-23(2)20-19-21-24/h23,25H,3-22,24H2,1-2H3. The maximum atomic E-state index is 5.56. The second-order valence-electron chi connectivity index (χ2n) is 8.06. The van der Waals surface area contributed by atoms with Crippen molar-refractivity contribution >= 4 is 0 Å². The zero-order valence-corrected chi connectivity index (χ0v) is 18.2. The Morgan fingerprint density at radius 2 is 1.08 bits per heavy atom. The monoisotopic (exact) mass is 370 g/mol. The Hall–Kier alpha value is -0.120. The van der Waals surface area contributed by atoms with Crippen LogP contribution in [0.15, 0.2) is 0 Å². The second-order valence-corrected chi connectivity index (χ2v) is 8.06. The molecule has 0 saturated heterocycles. The van der Waals surface area contributed by atoms with E-state index in [-0.39, 0.29) is 6.10 Å². The molecule has 158 valence electrons. The molecule has 3 heteroatoms. The molecule has 0 aromatic rings. The molecule has 0 aliphatic rings. The van der Waals surface area contributed by atoms with E-state index in [9.17, 15) is 0 Å². The van der Waals surface area contributed by atoms with Crippen LogP contribution in [0.4, 0.5) is 0 Å². The highest BCUT2D eigenvalue weighted by Crippen LogP contribution is 2.13. The number of rotatable bonds is 22. The number of hydroxylamine groups is 1. The van der Waals surface area contributed by atoms with Crippen molar-refractivity contribution in [3.8, 4) is 0 Å². The summed E-state index contributed by atoms with van der Waals surface area (Å²) in [5.74, 6) is 0. The Kier molecular flexibility index (Phi) is 22.8. The lowest BCUT2D eigenvalue weighted by Gasteiger charge is -2.12. The van der Waals surface area contributed by atoms with Gasteiger partial charge in [-0.15, -0.1) is 0 Å². The van der Waals surface area contributed by atoms with Gasteiger partial charge in [-0.1, -0.05) is 103 Å². The number of hydrogen-bond donors (Lipinski definition) is 2. The fraction of sp³-hybridized carbons (Fsp3) is 1.00. The lowest BCUT2D eigenvalue weighted by Crippen LogP contribution is -2.23. The molecule has 1 atom stereocenters. The van der Waals surface area contributed by atoms with Crippen LogP contribution in [0.3, 0.4) is 0 Å². The lowest BCUT2D eigenvalue weighted by molar-refractivity contribution is -0.0197. The number of unbranched alkanes of at least 4 members (excludes halogenated alkanes) is 15. The third kappa shape index (κ3) is 21.9. The van der Waals surface area contributed by atoms with Gasteiger partial charge in [0.15, 0.2) is 0 Å². The molecule has 0 aliphatic carbocycles. The van der Waals surface area contributed by atoms with Gasteiger partial charge in [0.1, 0.15) is 0 Å². The molecule has 0 bridgehead atoms. The van der Waals surface area contributed by atoms with Gasteiger partial charge in [-0.25, -0.2) is 5.48 Å². The molecule has 3 nitrogen and oxygen atoms in total. The number of nitrogens with two attached hydrogens (primary N) is 1. The molecule has 3 N–H and O–H groups in total. The molecule has 0 fully saturated rings. The van der Waals surface area contributed by atoms with Crippen molar-refractivity contribution in [3.05, 3.63) is 0 Å². The number of nitrogens with one attached hydrogen (secondary N) is 1. The van der Waals surface area contributed by atoms with Crippen molar-refractivity contribution in [1.82, 2.24) is 5.48 Å². The molecule has 0 amide bonds. The molecule has 0 rings (SSSR count). The molecule has 0 radical (unpaired) electrons. The molecule has 1 unspecified atom stereocenters. The number of hydrogen-bond acceptors (Lipinski definition) is 3. The Labute approximate surface area is 165 Å². The SMILES string of the molecule is CCCCCCCCCCCCCCCCCCNOC(C)CCCN. The fourth-order valence-electron chi connectivity index (χ4n) is 3.41. The minimum Gasteiger partial charge on any atom is -0.330 e. The predicted octanol–water partition coefficient (Wildman–Crippen LogP) is 6.90. The van der Waals surface area contributed by atoms with E-state index in [1.807, 2.05) is 0 Å². The smallest absolute Gasteiger partial charge is 0.0762 e. The Balaban J connectivity index is 3.03. The fourth-order valence-corrected chi connectivity index (χ4v) is 3.41. The van der Waals surface area contributed by atoms with E-state index in [1.165, 1.54) is 103 Å². The maximum absolute atomic E-state index is 5.56. The summed E-state index contributed by atoms with van der Waals surface area (Å²) in [5.41, 5.74) is 8.60. The highest BCUT2D eigenvalue weighted by Gasteiger charge is 2.00. The van der Waals surface area contributed by atoms with Gasteiger partial charge >= 0.3 is 0 Å². The first-order chi connectivity index (χ1) is 12.8. The van der Waals surface area contributed by atoms with E-state index in [0.29, 0.717) is 0 Å². The maximum Gasteiger partial charge on any atom is 0.0762 e. The summed E-state index contributed by atoms with van der Waals surface area (Å²) in [5, 5.41) is 0. The van der Waals surface area contributed by atoms with Crippen molar-refractivity contribution in [3.63, 3.8) is 0 Å². The van der Waals surface area contributed by atoms with Crippen LogP contribution in [0.5, 0.6) is 0 Å². The summed E-state index contributed by atoms with van der Waals surface area (Å²) in [6, 6.07) is 0. The van der Waals surface area contributed by atoms with Gasteiger partial charge in [-0.05, 0) is 32.7 Å². The third-order valence-electron chi connectivity index (χ3n) is 5.23. The molecular formula is C23H50N2O. The van der Waals surface area contributed by atoms with Gasteiger partial charge in [0.25, 0.3) is 0 Å². The molecule has 0 aromatic heterocycles. The van der Waals surface area contributed by atoms with Crippen molar-refractivity contribution in [1.29, 1.82) is 0 Å². The van der Waals surface area contributed by atoms with Crippen LogP contribution >= 0.6 is 0 Å². The van der Waals surface area contributed by atoms with Gasteiger partial charge < -0.3 is 5.73 Å². The average molecular weight is 371 g/mol. The summed E-state index contributed by atoms with van der Waals surface area (Å²) in [6.45, 7) is 6.13. The van der Waals surface area contributed by atoms with E-state index in [1.54, 1.807) is 0 Å². The van der Waals surface area contributed by atoms with Gasteiger partial charge in [0, 0.05) is 6.54 Å². The molecule has 0 spiro atoms. The molecule has 0 aromatic carbocycles. The van der Waals surface area contributed by atoms with E-state index < -0.39 is 0 Å². The van der Waals surface area contributed by atoms with E-state index in [2.05, 4.69) is 19.3 Å². The Morgan fingerprint density at radius 1 is 0.654 bits per heavy atom. The van der Waals surface area contributed by atoms with Crippen LogP contribution < -0.4 is 11.2 Å². The second kappa shape index (κ2) is 22.9. The Morgan fingerprint density at radius 3 is 1.50 bits per heavy atom. The first kappa shape index (κ1) is 25.9. The van der Waals surface area contributed by atoms with E-state index >= 15 is 0 Å². The highest BCUT2D eigenvalue weighted by molar-refractivity contribution is 4.52. The van der Waals surface area contributed by atoms with Gasteiger partial charge in [-0.2, -0.15) is 0 Å². The zero-order valence-electron chi connectivity index (χ0n) is 18.2. The highest BCUT2D eigenvalue weighted by atomic mass is 16.7. The normalized spacial score (nSPS) is 12.6. The third-order valence-corrected chi connectivity index (χ3v) is 5.23.